The highest BCUT2D eigenvalue weighted by Crippen LogP contribution is 2.41. The first-order valence-electron chi connectivity index (χ1n) is 8.28. The van der Waals surface area contributed by atoms with E-state index in [-0.39, 0.29) is 5.97 Å². The van der Waals surface area contributed by atoms with Gasteiger partial charge in [-0.15, -0.1) is 0 Å². The number of esters is 1. The zero-order valence-corrected chi connectivity index (χ0v) is 14.0. The van der Waals surface area contributed by atoms with Gasteiger partial charge in [0.05, 0.1) is 6.61 Å². The molecule has 0 amide bonds. The third-order valence-corrected chi connectivity index (χ3v) is 5.07. The van der Waals surface area contributed by atoms with E-state index in [2.05, 4.69) is 29.2 Å². The third kappa shape index (κ3) is 3.76. The molecule has 5 heteroatoms. The maximum atomic E-state index is 12.5. The van der Waals surface area contributed by atoms with Crippen LogP contribution in [0.1, 0.15) is 32.6 Å². The van der Waals surface area contributed by atoms with E-state index in [4.69, 9.17) is 4.74 Å². The zero-order valence-electron chi connectivity index (χ0n) is 14.0. The average Bonchev–Trinajstić information content (AvgIpc) is 3.22. The molecule has 2 atom stereocenters. The largest absolute Gasteiger partial charge is 0.465 e. The standard InChI is InChI=1S/C16H31N3O2/c1-5-21-15(20)16(17-2,13-8-9-13)12-18(3)11-14-7-6-10-19(14)4/h13-14,17H,5-12H2,1-4H3. The molecule has 1 heterocycles. The number of likely N-dealkylation sites (tertiary alicyclic amines) is 1. The summed E-state index contributed by atoms with van der Waals surface area (Å²) in [5.74, 6) is 0.340. The van der Waals surface area contributed by atoms with Crippen LogP contribution in [0.25, 0.3) is 0 Å². The van der Waals surface area contributed by atoms with Gasteiger partial charge in [0.15, 0.2) is 0 Å². The molecule has 21 heavy (non-hydrogen) atoms. The van der Waals surface area contributed by atoms with Crippen LogP contribution in [0.15, 0.2) is 0 Å². The van der Waals surface area contributed by atoms with Crippen molar-refractivity contribution in [3.05, 3.63) is 0 Å². The van der Waals surface area contributed by atoms with Crippen LogP contribution in [0.5, 0.6) is 0 Å². The summed E-state index contributed by atoms with van der Waals surface area (Å²) >= 11 is 0. The Morgan fingerprint density at radius 2 is 2.14 bits per heavy atom. The number of nitrogens with zero attached hydrogens (tertiary/aromatic N) is 2. The predicted octanol–water partition coefficient (Wildman–Crippen LogP) is 0.944. The van der Waals surface area contributed by atoms with Gasteiger partial charge >= 0.3 is 5.97 Å². The number of hydrogen-bond donors (Lipinski definition) is 1. The molecule has 1 aliphatic heterocycles. The zero-order chi connectivity index (χ0) is 15.5. The van der Waals surface area contributed by atoms with Gasteiger partial charge in [-0.05, 0) is 66.2 Å². The van der Waals surface area contributed by atoms with Crippen molar-refractivity contribution >= 4 is 5.97 Å². The van der Waals surface area contributed by atoms with Gasteiger partial charge in [0.25, 0.3) is 0 Å². The summed E-state index contributed by atoms with van der Waals surface area (Å²) in [7, 11) is 6.22. The second kappa shape index (κ2) is 7.07. The minimum absolute atomic E-state index is 0.0818. The molecule has 0 aromatic carbocycles. The first-order valence-corrected chi connectivity index (χ1v) is 8.28. The van der Waals surface area contributed by atoms with E-state index in [0.717, 1.165) is 25.9 Å². The maximum Gasteiger partial charge on any atom is 0.327 e. The molecule has 2 fully saturated rings. The summed E-state index contributed by atoms with van der Waals surface area (Å²) in [5, 5.41) is 3.30. The molecule has 0 radical (unpaired) electrons. The van der Waals surface area contributed by atoms with Crippen LogP contribution in [0.3, 0.4) is 0 Å². The number of carbonyl (C=O) groups excluding carboxylic acids is 1. The lowest BCUT2D eigenvalue weighted by Crippen LogP contribution is -2.60. The molecule has 2 rings (SSSR count). The first-order chi connectivity index (χ1) is 10.0. The summed E-state index contributed by atoms with van der Waals surface area (Å²) in [4.78, 5) is 17.2. The Morgan fingerprint density at radius 3 is 2.62 bits per heavy atom. The van der Waals surface area contributed by atoms with Crippen LogP contribution < -0.4 is 5.32 Å². The van der Waals surface area contributed by atoms with E-state index >= 15 is 0 Å². The molecule has 5 nitrogen and oxygen atoms in total. The molecule has 0 aromatic heterocycles. The molecule has 0 aromatic rings. The van der Waals surface area contributed by atoms with E-state index in [1.807, 2.05) is 14.0 Å². The van der Waals surface area contributed by atoms with Crippen molar-refractivity contribution in [3.8, 4) is 0 Å². The van der Waals surface area contributed by atoms with Crippen molar-refractivity contribution in [2.45, 2.75) is 44.2 Å². The Bertz CT molecular complexity index is 359. The Kier molecular flexibility index (Phi) is 5.63. The molecule has 2 aliphatic rings. The van der Waals surface area contributed by atoms with Gasteiger partial charge in [-0.25, -0.2) is 4.79 Å². The maximum absolute atomic E-state index is 12.5. The molecule has 1 aliphatic carbocycles. The number of carbonyl (C=O) groups is 1. The SMILES string of the molecule is CCOC(=O)C(CN(C)CC1CCCN1C)(NC)C1CC1. The molecular formula is C16H31N3O2. The quantitative estimate of drug-likeness (QED) is 0.676. The number of hydrogen-bond acceptors (Lipinski definition) is 5. The van der Waals surface area contributed by atoms with Crippen molar-refractivity contribution in [2.75, 3.05) is 47.4 Å². The summed E-state index contributed by atoms with van der Waals surface area (Å²) in [6.07, 6.45) is 4.79. The Morgan fingerprint density at radius 1 is 1.43 bits per heavy atom. The van der Waals surface area contributed by atoms with Gasteiger partial charge < -0.3 is 19.9 Å². The highest BCUT2D eigenvalue weighted by molar-refractivity contribution is 5.82. The van der Waals surface area contributed by atoms with Gasteiger partial charge in [0.1, 0.15) is 5.54 Å². The monoisotopic (exact) mass is 297 g/mol. The van der Waals surface area contributed by atoms with Crippen molar-refractivity contribution in [1.29, 1.82) is 0 Å². The first kappa shape index (κ1) is 16.7. The topological polar surface area (TPSA) is 44.8 Å². The van der Waals surface area contributed by atoms with Crippen LogP contribution in [-0.2, 0) is 9.53 Å². The number of likely N-dealkylation sites (N-methyl/N-ethyl adjacent to an activating group) is 3. The molecular weight excluding hydrogens is 266 g/mol. The lowest BCUT2D eigenvalue weighted by Gasteiger charge is -2.36. The van der Waals surface area contributed by atoms with Crippen molar-refractivity contribution in [3.63, 3.8) is 0 Å². The van der Waals surface area contributed by atoms with Crippen LogP contribution >= 0.6 is 0 Å². The third-order valence-electron chi connectivity index (χ3n) is 5.07. The fraction of sp³-hybridized carbons (Fsp3) is 0.938. The average molecular weight is 297 g/mol. The smallest absolute Gasteiger partial charge is 0.327 e. The van der Waals surface area contributed by atoms with E-state index in [9.17, 15) is 4.79 Å². The van der Waals surface area contributed by atoms with E-state index in [1.165, 1.54) is 19.4 Å². The molecule has 0 spiro atoms. The number of nitrogens with one attached hydrogen (secondary N) is 1. The van der Waals surface area contributed by atoms with E-state index in [1.54, 1.807) is 0 Å². The van der Waals surface area contributed by atoms with Gasteiger partial charge in [-0.1, -0.05) is 0 Å². The fourth-order valence-electron chi connectivity index (χ4n) is 3.64. The van der Waals surface area contributed by atoms with Gasteiger partial charge in [0, 0.05) is 19.1 Å². The van der Waals surface area contributed by atoms with E-state index < -0.39 is 5.54 Å². The Labute approximate surface area is 129 Å². The summed E-state index contributed by atoms with van der Waals surface area (Å²) in [6.45, 7) is 5.27. The second-order valence-electron chi connectivity index (χ2n) is 6.69. The molecule has 122 valence electrons. The lowest BCUT2D eigenvalue weighted by molar-refractivity contribution is -0.153. The number of ether oxygens (including phenoxy) is 1. The highest BCUT2D eigenvalue weighted by atomic mass is 16.5. The van der Waals surface area contributed by atoms with Crippen molar-refractivity contribution < 1.29 is 9.53 Å². The lowest BCUT2D eigenvalue weighted by atomic mass is 9.92. The van der Waals surface area contributed by atoms with Gasteiger partial charge in [-0.3, -0.25) is 0 Å². The molecule has 0 bridgehead atoms. The molecule has 2 unspecified atom stereocenters. The normalized spacial score (nSPS) is 26.0. The van der Waals surface area contributed by atoms with Crippen LogP contribution in [0.2, 0.25) is 0 Å². The molecule has 1 N–H and O–H groups in total. The van der Waals surface area contributed by atoms with Crippen LogP contribution in [0, 0.1) is 5.92 Å². The minimum atomic E-state index is -0.526. The highest BCUT2D eigenvalue weighted by Gasteiger charge is 2.51. The van der Waals surface area contributed by atoms with E-state index in [0.29, 0.717) is 18.6 Å². The van der Waals surface area contributed by atoms with Gasteiger partial charge in [-0.2, -0.15) is 0 Å². The van der Waals surface area contributed by atoms with Crippen molar-refractivity contribution in [2.24, 2.45) is 5.92 Å². The number of rotatable bonds is 8. The van der Waals surface area contributed by atoms with Crippen molar-refractivity contribution in [1.82, 2.24) is 15.1 Å². The summed E-state index contributed by atoms with van der Waals surface area (Å²) in [5.41, 5.74) is -0.526. The summed E-state index contributed by atoms with van der Waals surface area (Å²) < 4.78 is 5.35. The summed E-state index contributed by atoms with van der Waals surface area (Å²) in [6, 6.07) is 0.617. The second-order valence-corrected chi connectivity index (χ2v) is 6.69. The fourth-order valence-corrected chi connectivity index (χ4v) is 3.64. The Balaban J connectivity index is 1.98. The minimum Gasteiger partial charge on any atom is -0.465 e. The van der Waals surface area contributed by atoms with Gasteiger partial charge in [0.2, 0.25) is 0 Å². The van der Waals surface area contributed by atoms with Crippen LogP contribution in [0.4, 0.5) is 0 Å². The predicted molar refractivity (Wildman–Crippen MR) is 84.3 cm³/mol. The molecule has 1 saturated heterocycles. The van der Waals surface area contributed by atoms with Crippen LogP contribution in [-0.4, -0.2) is 74.7 Å². The Hall–Kier alpha value is -0.650. The molecule has 1 saturated carbocycles.